The van der Waals surface area contributed by atoms with Crippen molar-refractivity contribution in [1.29, 1.82) is 0 Å². The zero-order valence-electron chi connectivity index (χ0n) is 17.3. The molecule has 30 heavy (non-hydrogen) atoms. The monoisotopic (exact) mass is 412 g/mol. The zero-order valence-corrected chi connectivity index (χ0v) is 17.3. The number of phenolic OH excluding ortho intramolecular Hbond substituents is 1. The second kappa shape index (κ2) is 12.3. The molecule has 7 nitrogen and oxygen atoms in total. The summed E-state index contributed by atoms with van der Waals surface area (Å²) in [6.45, 7) is 6.81. The van der Waals surface area contributed by atoms with Gasteiger partial charge in [0, 0.05) is 19.5 Å². The van der Waals surface area contributed by atoms with E-state index in [9.17, 15) is 14.7 Å². The van der Waals surface area contributed by atoms with Crippen molar-refractivity contribution in [2.24, 2.45) is 5.16 Å². The molecule has 0 aliphatic carbocycles. The molecule has 0 saturated heterocycles. The molecule has 2 rings (SSSR count). The predicted octanol–water partition coefficient (Wildman–Crippen LogP) is 3.40. The quantitative estimate of drug-likeness (QED) is 0.198. The van der Waals surface area contributed by atoms with E-state index < -0.39 is 5.97 Å². The van der Waals surface area contributed by atoms with Gasteiger partial charge in [0.1, 0.15) is 5.75 Å². The number of phenols is 1. The summed E-state index contributed by atoms with van der Waals surface area (Å²) in [7, 11) is 0. The van der Waals surface area contributed by atoms with Crippen LogP contribution in [0.2, 0.25) is 0 Å². The molecule has 7 heteroatoms. The Hall–Kier alpha value is -3.35. The van der Waals surface area contributed by atoms with Crippen LogP contribution >= 0.6 is 0 Å². The molecule has 1 N–H and O–H groups in total. The van der Waals surface area contributed by atoms with E-state index in [4.69, 9.17) is 9.57 Å². The van der Waals surface area contributed by atoms with Gasteiger partial charge in [-0.3, -0.25) is 4.79 Å². The normalized spacial score (nSPS) is 13.6. The molecular formula is C23H28N2O5. The Bertz CT molecular complexity index is 834. The van der Waals surface area contributed by atoms with Crippen molar-refractivity contribution in [2.75, 3.05) is 26.3 Å². The van der Waals surface area contributed by atoms with Crippen molar-refractivity contribution in [3.63, 3.8) is 0 Å². The maximum absolute atomic E-state index is 12.4. The van der Waals surface area contributed by atoms with Gasteiger partial charge in [0.2, 0.25) is 0 Å². The van der Waals surface area contributed by atoms with Crippen molar-refractivity contribution < 1.29 is 24.3 Å². The molecule has 0 saturated carbocycles. The first-order valence-corrected chi connectivity index (χ1v) is 9.93. The van der Waals surface area contributed by atoms with E-state index in [0.29, 0.717) is 36.3 Å². The fraction of sp³-hybridized carbons (Fsp3) is 0.348. The molecule has 0 spiro atoms. The Morgan fingerprint density at radius 2 is 2.07 bits per heavy atom. The van der Waals surface area contributed by atoms with Crippen LogP contribution in [0.3, 0.4) is 0 Å². The number of carbonyl (C=O) groups excluding carboxylic acids is 2. The molecule has 1 heterocycles. The Balaban J connectivity index is 2.11. The number of rotatable bonds is 11. The first-order valence-electron chi connectivity index (χ1n) is 9.93. The van der Waals surface area contributed by atoms with Gasteiger partial charge in [-0.2, -0.15) is 0 Å². The van der Waals surface area contributed by atoms with Crippen molar-refractivity contribution in [3.8, 4) is 5.75 Å². The molecule has 0 atom stereocenters. The topological polar surface area (TPSA) is 88.4 Å². The number of hydrogen-bond acceptors (Lipinski definition) is 6. The third-order valence-electron chi connectivity index (χ3n) is 4.32. The van der Waals surface area contributed by atoms with E-state index in [0.717, 1.165) is 6.42 Å². The molecule has 1 aromatic rings. The summed E-state index contributed by atoms with van der Waals surface area (Å²) in [5, 5.41) is 14.0. The second-order valence-electron chi connectivity index (χ2n) is 6.67. The predicted molar refractivity (Wildman–Crippen MR) is 115 cm³/mol. The number of allylic oxidation sites excluding steroid dienone is 2. The molecule has 160 valence electrons. The van der Waals surface area contributed by atoms with Crippen LogP contribution in [0.15, 0.2) is 60.3 Å². The summed E-state index contributed by atoms with van der Waals surface area (Å²) in [4.78, 5) is 31.4. The van der Waals surface area contributed by atoms with Gasteiger partial charge in [-0.15, -0.1) is 6.58 Å². The van der Waals surface area contributed by atoms with Crippen LogP contribution in [-0.2, 0) is 20.8 Å². The molecule has 1 aromatic carbocycles. The smallest absolute Gasteiger partial charge is 0.338 e. The minimum atomic E-state index is -0.483. The number of esters is 1. The Kier molecular flexibility index (Phi) is 9.37. The van der Waals surface area contributed by atoms with Gasteiger partial charge in [0.05, 0.1) is 17.9 Å². The SMILES string of the molecule is C=CCCOC(=O)c1ccc(O)cc1CC(/C=C/CC)=N/OCC(=O)N1CC=CC1. The van der Waals surface area contributed by atoms with Gasteiger partial charge >= 0.3 is 5.97 Å². The standard InChI is InChI=1S/C23H28N2O5/c1-3-5-9-19(24-30-17-22(27)25-12-7-8-13-25)15-18-16-20(26)10-11-21(18)23(28)29-14-6-4-2/h4-5,7-11,16,26H,2-3,6,12-15,17H2,1H3/b9-5+,24-19+. The largest absolute Gasteiger partial charge is 0.508 e. The lowest BCUT2D eigenvalue weighted by Crippen LogP contribution is -2.31. The lowest BCUT2D eigenvalue weighted by Gasteiger charge is -2.14. The van der Waals surface area contributed by atoms with Gasteiger partial charge in [-0.1, -0.05) is 36.4 Å². The molecule has 0 aromatic heterocycles. The minimum absolute atomic E-state index is 0.0316. The highest BCUT2D eigenvalue weighted by Gasteiger charge is 2.16. The summed E-state index contributed by atoms with van der Waals surface area (Å²) in [5.74, 6) is -0.598. The van der Waals surface area contributed by atoms with Crippen LogP contribution in [0, 0.1) is 0 Å². The molecule has 1 amide bonds. The van der Waals surface area contributed by atoms with Gasteiger partial charge in [-0.05, 0) is 42.7 Å². The average Bonchev–Trinajstić information content (AvgIpc) is 3.27. The number of benzene rings is 1. The second-order valence-corrected chi connectivity index (χ2v) is 6.67. The number of hydrogen-bond donors (Lipinski definition) is 1. The van der Waals surface area contributed by atoms with E-state index in [1.54, 1.807) is 17.1 Å². The van der Waals surface area contributed by atoms with Crippen LogP contribution in [0.1, 0.15) is 35.7 Å². The van der Waals surface area contributed by atoms with Crippen LogP contribution in [-0.4, -0.2) is 53.9 Å². The molecule has 0 unspecified atom stereocenters. The van der Waals surface area contributed by atoms with E-state index in [1.165, 1.54) is 18.2 Å². The Labute approximate surface area is 177 Å². The Morgan fingerprint density at radius 3 is 2.77 bits per heavy atom. The first kappa shape index (κ1) is 22.9. The highest BCUT2D eigenvalue weighted by Crippen LogP contribution is 2.19. The summed E-state index contributed by atoms with van der Waals surface area (Å²) in [6, 6.07) is 4.46. The number of nitrogens with zero attached hydrogens (tertiary/aromatic N) is 2. The maximum Gasteiger partial charge on any atom is 0.338 e. The fourth-order valence-corrected chi connectivity index (χ4v) is 2.75. The first-order chi connectivity index (χ1) is 14.5. The summed E-state index contributed by atoms with van der Waals surface area (Å²) < 4.78 is 5.24. The van der Waals surface area contributed by atoms with E-state index in [2.05, 4.69) is 11.7 Å². The number of aromatic hydroxyl groups is 1. The number of ether oxygens (including phenoxy) is 1. The van der Waals surface area contributed by atoms with Gasteiger partial charge in [-0.25, -0.2) is 4.79 Å². The lowest BCUT2D eigenvalue weighted by atomic mass is 10.0. The summed E-state index contributed by atoms with van der Waals surface area (Å²) >= 11 is 0. The number of oxime groups is 1. The van der Waals surface area contributed by atoms with Crippen LogP contribution in [0.25, 0.3) is 0 Å². The van der Waals surface area contributed by atoms with Crippen LogP contribution < -0.4 is 0 Å². The number of amides is 1. The van der Waals surface area contributed by atoms with Gasteiger partial charge in [0.25, 0.3) is 5.91 Å². The molecule has 1 aliphatic rings. The third-order valence-corrected chi connectivity index (χ3v) is 4.32. The van der Waals surface area contributed by atoms with Crippen molar-refractivity contribution >= 4 is 17.6 Å². The molecule has 0 bridgehead atoms. The Morgan fingerprint density at radius 1 is 1.30 bits per heavy atom. The highest BCUT2D eigenvalue weighted by molar-refractivity contribution is 5.99. The minimum Gasteiger partial charge on any atom is -0.508 e. The molecular weight excluding hydrogens is 384 g/mol. The lowest BCUT2D eigenvalue weighted by molar-refractivity contribution is -0.134. The van der Waals surface area contributed by atoms with Crippen LogP contribution in [0.4, 0.5) is 0 Å². The zero-order chi connectivity index (χ0) is 21.8. The molecule has 0 fully saturated rings. The molecule has 0 radical (unpaired) electrons. The van der Waals surface area contributed by atoms with Gasteiger partial charge < -0.3 is 19.6 Å². The van der Waals surface area contributed by atoms with E-state index >= 15 is 0 Å². The van der Waals surface area contributed by atoms with Gasteiger partial charge in [0.15, 0.2) is 6.61 Å². The van der Waals surface area contributed by atoms with Crippen LogP contribution in [0.5, 0.6) is 5.75 Å². The van der Waals surface area contributed by atoms with Crippen molar-refractivity contribution in [2.45, 2.75) is 26.2 Å². The third kappa shape index (κ3) is 7.24. The van der Waals surface area contributed by atoms with E-state index in [1.807, 2.05) is 25.2 Å². The van der Waals surface area contributed by atoms with E-state index in [-0.39, 0.29) is 31.3 Å². The summed E-state index contributed by atoms with van der Waals surface area (Å²) in [6.07, 6.45) is 10.8. The molecule has 1 aliphatic heterocycles. The summed E-state index contributed by atoms with van der Waals surface area (Å²) in [5.41, 5.74) is 1.42. The van der Waals surface area contributed by atoms with Crippen molar-refractivity contribution in [1.82, 2.24) is 4.90 Å². The number of carbonyl (C=O) groups is 2. The maximum atomic E-state index is 12.4. The highest BCUT2D eigenvalue weighted by atomic mass is 16.6. The van der Waals surface area contributed by atoms with Crippen molar-refractivity contribution in [3.05, 3.63) is 66.3 Å². The average molecular weight is 412 g/mol. The fourth-order valence-electron chi connectivity index (χ4n) is 2.75.